The smallest absolute Gasteiger partial charge is 0.338 e. The van der Waals surface area contributed by atoms with Crippen LogP contribution in [0.2, 0.25) is 0 Å². The maximum absolute atomic E-state index is 11.7. The molecule has 0 spiro atoms. The molecule has 0 aliphatic heterocycles. The molecule has 0 radical (unpaired) electrons. The molecular weight excluding hydrogens is 352 g/mol. The van der Waals surface area contributed by atoms with Crippen molar-refractivity contribution in [2.24, 2.45) is 0 Å². The number of hydrogen-bond donors (Lipinski definition) is 0. The Kier molecular flexibility index (Phi) is 3.98. The van der Waals surface area contributed by atoms with E-state index in [0.29, 0.717) is 12.2 Å². The zero-order valence-electron chi connectivity index (χ0n) is 11.2. The first kappa shape index (κ1) is 14.2. The third-order valence-corrected chi connectivity index (χ3v) is 4.24. The maximum Gasteiger partial charge on any atom is 0.338 e. The minimum atomic E-state index is -0.305. The van der Waals surface area contributed by atoms with E-state index in [4.69, 9.17) is 4.74 Å². The van der Waals surface area contributed by atoms with Gasteiger partial charge >= 0.3 is 5.97 Å². The van der Waals surface area contributed by atoms with Crippen LogP contribution in [0.5, 0.6) is 0 Å². The Balaban J connectivity index is 2.02. The van der Waals surface area contributed by atoms with E-state index in [1.54, 1.807) is 19.1 Å². The largest absolute Gasteiger partial charge is 0.462 e. The highest BCUT2D eigenvalue weighted by Crippen LogP contribution is 2.32. The van der Waals surface area contributed by atoms with Crippen LogP contribution in [0.4, 0.5) is 0 Å². The second-order valence-electron chi connectivity index (χ2n) is 4.35. The lowest BCUT2D eigenvalue weighted by Crippen LogP contribution is -2.04. The van der Waals surface area contributed by atoms with Gasteiger partial charge in [0.15, 0.2) is 0 Å². The van der Waals surface area contributed by atoms with Gasteiger partial charge in [-0.1, -0.05) is 18.2 Å². The molecule has 0 aliphatic carbocycles. The molecule has 0 unspecified atom stereocenters. The standard InChI is InChI=1S/C15H11BrN2O2S/c1-2-20-15(19)10-5-3-9(4-6-10)11-7-8-12(16)14-13(11)17-21-18-14/h3-8H,2H2,1H3. The molecule has 2 aromatic carbocycles. The molecule has 0 N–H and O–H groups in total. The van der Waals surface area contributed by atoms with E-state index in [1.807, 2.05) is 24.3 Å². The minimum Gasteiger partial charge on any atom is -0.462 e. The normalized spacial score (nSPS) is 10.8. The molecule has 0 bridgehead atoms. The number of carbonyl (C=O) groups excluding carboxylic acids is 1. The van der Waals surface area contributed by atoms with E-state index in [-0.39, 0.29) is 5.97 Å². The van der Waals surface area contributed by atoms with Gasteiger partial charge in [-0.3, -0.25) is 0 Å². The topological polar surface area (TPSA) is 52.1 Å². The fraction of sp³-hybridized carbons (Fsp3) is 0.133. The monoisotopic (exact) mass is 362 g/mol. The van der Waals surface area contributed by atoms with Crippen LogP contribution in [0.15, 0.2) is 40.9 Å². The number of esters is 1. The van der Waals surface area contributed by atoms with E-state index in [1.165, 1.54) is 11.7 Å². The molecule has 1 heterocycles. The molecule has 21 heavy (non-hydrogen) atoms. The van der Waals surface area contributed by atoms with Crippen LogP contribution in [-0.4, -0.2) is 21.3 Å². The van der Waals surface area contributed by atoms with Gasteiger partial charge in [0.1, 0.15) is 11.0 Å². The minimum absolute atomic E-state index is 0.305. The average Bonchev–Trinajstić information content (AvgIpc) is 2.99. The molecule has 1 aromatic heterocycles. The fourth-order valence-electron chi connectivity index (χ4n) is 2.07. The number of halogens is 1. The SMILES string of the molecule is CCOC(=O)c1ccc(-c2ccc(Br)c3nsnc23)cc1. The van der Waals surface area contributed by atoms with Crippen LogP contribution >= 0.6 is 27.7 Å². The van der Waals surface area contributed by atoms with Crippen LogP contribution < -0.4 is 0 Å². The van der Waals surface area contributed by atoms with Gasteiger partial charge in [-0.2, -0.15) is 8.75 Å². The molecular formula is C15H11BrN2O2S. The first-order chi connectivity index (χ1) is 10.2. The number of ether oxygens (including phenoxy) is 1. The van der Waals surface area contributed by atoms with Crippen LogP contribution in [0.3, 0.4) is 0 Å². The first-order valence-corrected chi connectivity index (χ1v) is 7.91. The third-order valence-electron chi connectivity index (χ3n) is 3.07. The van der Waals surface area contributed by atoms with Crippen molar-refractivity contribution in [2.75, 3.05) is 6.61 Å². The Morgan fingerprint density at radius 1 is 1.14 bits per heavy atom. The molecule has 0 amide bonds. The third kappa shape index (κ3) is 2.69. The highest BCUT2D eigenvalue weighted by atomic mass is 79.9. The second kappa shape index (κ2) is 5.91. The molecule has 0 saturated heterocycles. The lowest BCUT2D eigenvalue weighted by atomic mass is 10.0. The summed E-state index contributed by atoms with van der Waals surface area (Å²) >= 11 is 4.66. The van der Waals surface area contributed by atoms with Crippen molar-refractivity contribution < 1.29 is 9.53 Å². The van der Waals surface area contributed by atoms with Gasteiger partial charge in [0.25, 0.3) is 0 Å². The van der Waals surface area contributed by atoms with Crippen molar-refractivity contribution in [1.82, 2.24) is 8.75 Å². The molecule has 0 saturated carbocycles. The van der Waals surface area contributed by atoms with Gasteiger partial charge in [-0.25, -0.2) is 4.79 Å². The molecule has 3 aromatic rings. The number of fused-ring (bicyclic) bond motifs is 1. The van der Waals surface area contributed by atoms with Crippen molar-refractivity contribution in [3.8, 4) is 11.1 Å². The Morgan fingerprint density at radius 3 is 2.57 bits per heavy atom. The van der Waals surface area contributed by atoms with Crippen molar-refractivity contribution in [1.29, 1.82) is 0 Å². The number of benzene rings is 2. The van der Waals surface area contributed by atoms with Crippen LogP contribution in [0.25, 0.3) is 22.2 Å². The number of nitrogens with zero attached hydrogens (tertiary/aromatic N) is 2. The summed E-state index contributed by atoms with van der Waals surface area (Å²) in [5.74, 6) is -0.305. The van der Waals surface area contributed by atoms with Gasteiger partial charge in [0.2, 0.25) is 0 Å². The number of aromatic nitrogens is 2. The maximum atomic E-state index is 11.7. The summed E-state index contributed by atoms with van der Waals surface area (Å²) in [5, 5.41) is 0. The average molecular weight is 363 g/mol. The Morgan fingerprint density at radius 2 is 1.86 bits per heavy atom. The predicted molar refractivity (Wildman–Crippen MR) is 86.5 cm³/mol. The Hall–Kier alpha value is -1.79. The van der Waals surface area contributed by atoms with Gasteiger partial charge in [0.05, 0.1) is 23.9 Å². The number of rotatable bonds is 3. The molecule has 3 rings (SSSR count). The van der Waals surface area contributed by atoms with Crippen molar-refractivity contribution in [2.45, 2.75) is 6.92 Å². The Labute approximate surface area is 134 Å². The lowest BCUT2D eigenvalue weighted by molar-refractivity contribution is 0.0526. The highest BCUT2D eigenvalue weighted by Gasteiger charge is 2.12. The molecule has 0 atom stereocenters. The van der Waals surface area contributed by atoms with Crippen molar-refractivity contribution in [3.63, 3.8) is 0 Å². The van der Waals surface area contributed by atoms with E-state index in [9.17, 15) is 4.79 Å². The molecule has 0 fully saturated rings. The molecule has 106 valence electrons. The van der Waals surface area contributed by atoms with Crippen LogP contribution in [0.1, 0.15) is 17.3 Å². The molecule has 4 nitrogen and oxygen atoms in total. The van der Waals surface area contributed by atoms with Crippen molar-refractivity contribution >= 4 is 44.7 Å². The Bertz CT molecular complexity index is 799. The van der Waals surface area contributed by atoms with E-state index in [2.05, 4.69) is 24.7 Å². The fourth-order valence-corrected chi connectivity index (χ4v) is 3.17. The summed E-state index contributed by atoms with van der Waals surface area (Å²) < 4.78 is 14.5. The highest BCUT2D eigenvalue weighted by molar-refractivity contribution is 9.10. The number of hydrogen-bond acceptors (Lipinski definition) is 5. The van der Waals surface area contributed by atoms with E-state index >= 15 is 0 Å². The molecule has 6 heteroatoms. The zero-order valence-corrected chi connectivity index (χ0v) is 13.6. The quantitative estimate of drug-likeness (QED) is 0.651. The van der Waals surface area contributed by atoms with Gasteiger partial charge in [-0.05, 0) is 46.6 Å². The summed E-state index contributed by atoms with van der Waals surface area (Å²) in [6, 6.07) is 11.3. The summed E-state index contributed by atoms with van der Waals surface area (Å²) in [6.45, 7) is 2.17. The van der Waals surface area contributed by atoms with Crippen LogP contribution in [-0.2, 0) is 4.74 Å². The summed E-state index contributed by atoms with van der Waals surface area (Å²) in [7, 11) is 0. The predicted octanol–water partition coefficient (Wildman–Crippen LogP) is 4.30. The van der Waals surface area contributed by atoms with Gasteiger partial charge in [0, 0.05) is 10.0 Å². The summed E-state index contributed by atoms with van der Waals surface area (Å²) in [4.78, 5) is 11.7. The van der Waals surface area contributed by atoms with E-state index in [0.717, 1.165) is 26.6 Å². The van der Waals surface area contributed by atoms with Crippen LogP contribution in [0, 0.1) is 0 Å². The second-order valence-corrected chi connectivity index (χ2v) is 5.74. The van der Waals surface area contributed by atoms with E-state index < -0.39 is 0 Å². The number of carbonyl (C=O) groups is 1. The molecule has 0 aliphatic rings. The van der Waals surface area contributed by atoms with Gasteiger partial charge in [-0.15, -0.1) is 0 Å². The summed E-state index contributed by atoms with van der Waals surface area (Å²) in [5.41, 5.74) is 4.25. The lowest BCUT2D eigenvalue weighted by Gasteiger charge is -2.05. The summed E-state index contributed by atoms with van der Waals surface area (Å²) in [6.07, 6.45) is 0. The first-order valence-electron chi connectivity index (χ1n) is 6.39. The van der Waals surface area contributed by atoms with Crippen molar-refractivity contribution in [3.05, 3.63) is 46.4 Å². The van der Waals surface area contributed by atoms with Gasteiger partial charge < -0.3 is 4.74 Å². The zero-order chi connectivity index (χ0) is 14.8.